The monoisotopic (exact) mass is 422 g/mol. The summed E-state index contributed by atoms with van der Waals surface area (Å²) in [5.74, 6) is -2.75. The van der Waals surface area contributed by atoms with E-state index in [0.29, 0.717) is 18.7 Å². The van der Waals surface area contributed by atoms with E-state index in [1.165, 1.54) is 6.33 Å². The molecule has 13 heteroatoms. The van der Waals surface area contributed by atoms with Gasteiger partial charge in [-0.3, -0.25) is 14.4 Å². The molecule has 0 fully saturated rings. The van der Waals surface area contributed by atoms with E-state index < -0.39 is 36.0 Å². The third-order valence-corrected chi connectivity index (χ3v) is 3.49. The predicted molar refractivity (Wildman–Crippen MR) is 106 cm³/mol. The van der Waals surface area contributed by atoms with E-state index in [4.69, 9.17) is 38.3 Å². The standard InChI is InChI=1S/C6H9N3O2.C6H14N2O2.C3H7NO2S/c7-5(6(10)11)1-4-2-8-3-9-4;7-4-2-1-3-5(8)6(9)10;4-2(1-7)3(5)6/h2-3,5H,1,7H2,(H,8,9)(H,10,11);5H,1-4,7-8H2,(H,9,10);2,7H,1,4H2,(H,5,6)/t2*5-;2-/m000/s1. The number of thiol groups is 1. The largest absolute Gasteiger partial charge is 0.480 e. The van der Waals surface area contributed by atoms with Crippen LogP contribution in [-0.4, -0.2) is 73.6 Å². The van der Waals surface area contributed by atoms with E-state index in [0.717, 1.165) is 12.8 Å². The van der Waals surface area contributed by atoms with Crippen LogP contribution >= 0.6 is 12.6 Å². The highest BCUT2D eigenvalue weighted by atomic mass is 32.1. The zero-order valence-corrected chi connectivity index (χ0v) is 16.3. The van der Waals surface area contributed by atoms with Gasteiger partial charge in [0.25, 0.3) is 0 Å². The third kappa shape index (κ3) is 16.0. The van der Waals surface area contributed by atoms with Gasteiger partial charge in [0.1, 0.15) is 18.1 Å². The van der Waals surface area contributed by atoms with Gasteiger partial charge in [-0.2, -0.15) is 12.6 Å². The molecule has 0 unspecified atom stereocenters. The van der Waals surface area contributed by atoms with Crippen molar-refractivity contribution in [1.82, 2.24) is 9.97 Å². The normalized spacial score (nSPS) is 13.0. The van der Waals surface area contributed by atoms with Gasteiger partial charge in [-0.25, -0.2) is 4.98 Å². The minimum absolute atomic E-state index is 0.190. The van der Waals surface area contributed by atoms with Gasteiger partial charge in [0.2, 0.25) is 0 Å². The van der Waals surface area contributed by atoms with Crippen LogP contribution in [0.3, 0.4) is 0 Å². The first-order chi connectivity index (χ1) is 13.1. The molecular formula is C15H30N6O6S. The number of aromatic amines is 1. The van der Waals surface area contributed by atoms with E-state index >= 15 is 0 Å². The van der Waals surface area contributed by atoms with Crippen LogP contribution in [0.2, 0.25) is 0 Å². The second kappa shape index (κ2) is 16.9. The minimum Gasteiger partial charge on any atom is -0.480 e. The summed E-state index contributed by atoms with van der Waals surface area (Å²) in [6.45, 7) is 0.604. The molecule has 3 atom stereocenters. The highest BCUT2D eigenvalue weighted by Gasteiger charge is 2.12. The summed E-state index contributed by atoms with van der Waals surface area (Å²) in [5.41, 5.74) is 21.3. The summed E-state index contributed by atoms with van der Waals surface area (Å²) >= 11 is 3.65. The summed E-state index contributed by atoms with van der Waals surface area (Å²) < 4.78 is 0. The number of carbonyl (C=O) groups is 3. The second-order valence-corrected chi connectivity index (χ2v) is 5.93. The van der Waals surface area contributed by atoms with Crippen LogP contribution in [0.25, 0.3) is 0 Å². The maximum atomic E-state index is 10.3. The van der Waals surface area contributed by atoms with E-state index in [1.807, 2.05) is 0 Å². The molecule has 12 N–H and O–H groups in total. The smallest absolute Gasteiger partial charge is 0.321 e. The van der Waals surface area contributed by atoms with Gasteiger partial charge in [0.05, 0.1) is 12.0 Å². The Morgan fingerprint density at radius 3 is 1.86 bits per heavy atom. The van der Waals surface area contributed by atoms with Crippen LogP contribution in [0.15, 0.2) is 12.5 Å². The molecule has 1 aromatic heterocycles. The molecule has 0 aliphatic rings. The lowest BCUT2D eigenvalue weighted by atomic mass is 10.1. The van der Waals surface area contributed by atoms with Crippen molar-refractivity contribution in [2.75, 3.05) is 12.3 Å². The van der Waals surface area contributed by atoms with Crippen molar-refractivity contribution in [2.45, 2.75) is 43.8 Å². The van der Waals surface area contributed by atoms with Crippen LogP contribution < -0.4 is 22.9 Å². The van der Waals surface area contributed by atoms with Gasteiger partial charge in [-0.1, -0.05) is 6.42 Å². The molecule has 0 amide bonds. The fourth-order valence-electron chi connectivity index (χ4n) is 1.43. The fraction of sp³-hybridized carbons (Fsp3) is 0.600. The highest BCUT2D eigenvalue weighted by molar-refractivity contribution is 7.80. The average molecular weight is 423 g/mol. The molecule has 0 saturated heterocycles. The van der Waals surface area contributed by atoms with Gasteiger partial charge in [-0.15, -0.1) is 0 Å². The number of hydrogen-bond donors (Lipinski definition) is 9. The average Bonchev–Trinajstić information content (AvgIpc) is 3.14. The Kier molecular flexibility index (Phi) is 17.0. The quantitative estimate of drug-likeness (QED) is 0.151. The summed E-state index contributed by atoms with van der Waals surface area (Å²) in [6, 6.07) is -2.40. The van der Waals surface area contributed by atoms with Gasteiger partial charge in [0.15, 0.2) is 0 Å². The summed E-state index contributed by atoms with van der Waals surface area (Å²) in [4.78, 5) is 36.7. The van der Waals surface area contributed by atoms with Gasteiger partial charge >= 0.3 is 17.9 Å². The topological polar surface area (TPSA) is 245 Å². The van der Waals surface area contributed by atoms with E-state index in [-0.39, 0.29) is 12.2 Å². The molecule has 162 valence electrons. The molecule has 1 heterocycles. The number of rotatable bonds is 10. The Balaban J connectivity index is 0. The maximum Gasteiger partial charge on any atom is 0.321 e. The second-order valence-electron chi connectivity index (χ2n) is 5.57. The van der Waals surface area contributed by atoms with Gasteiger partial charge < -0.3 is 43.2 Å². The van der Waals surface area contributed by atoms with Gasteiger partial charge in [-0.05, 0) is 19.4 Å². The summed E-state index contributed by atoms with van der Waals surface area (Å²) in [5, 5.41) is 24.8. The molecule has 0 aromatic carbocycles. The number of unbranched alkanes of at least 4 members (excludes halogenated alkanes) is 1. The number of hydrogen-bond acceptors (Lipinski definition) is 9. The SMILES string of the molecule is NCCCC[C@H](N)C(=O)O.N[C@@H](CS)C(=O)O.N[C@@H](Cc1c[nH]cn1)C(=O)O. The molecular weight excluding hydrogens is 392 g/mol. The number of carboxylic acids is 3. The summed E-state index contributed by atoms with van der Waals surface area (Å²) in [7, 11) is 0. The van der Waals surface area contributed by atoms with Crippen LogP contribution in [0.1, 0.15) is 25.0 Å². The number of nitrogens with one attached hydrogen (secondary N) is 1. The lowest BCUT2D eigenvalue weighted by molar-refractivity contribution is -0.139. The Labute approximate surface area is 168 Å². The van der Waals surface area contributed by atoms with Crippen LogP contribution in [0.5, 0.6) is 0 Å². The van der Waals surface area contributed by atoms with E-state index in [1.54, 1.807) is 6.20 Å². The Hall–Kier alpha value is -2.19. The molecule has 28 heavy (non-hydrogen) atoms. The number of aromatic nitrogens is 2. The van der Waals surface area contributed by atoms with Crippen molar-refractivity contribution in [2.24, 2.45) is 22.9 Å². The van der Waals surface area contributed by atoms with Crippen molar-refractivity contribution in [3.63, 3.8) is 0 Å². The van der Waals surface area contributed by atoms with Gasteiger partial charge in [0, 0.05) is 18.4 Å². The Bertz CT molecular complexity index is 559. The molecule has 12 nitrogen and oxygen atoms in total. The minimum atomic E-state index is -1.01. The first kappa shape index (κ1) is 28.0. The molecule has 0 bridgehead atoms. The lowest BCUT2D eigenvalue weighted by Gasteiger charge is -2.03. The lowest BCUT2D eigenvalue weighted by Crippen LogP contribution is -2.32. The van der Waals surface area contributed by atoms with E-state index in [9.17, 15) is 14.4 Å². The maximum absolute atomic E-state index is 10.3. The number of nitrogens with two attached hydrogens (primary N) is 4. The first-order valence-electron chi connectivity index (χ1n) is 8.30. The van der Waals surface area contributed by atoms with Crippen molar-refractivity contribution in [1.29, 1.82) is 0 Å². The zero-order chi connectivity index (χ0) is 22.1. The highest BCUT2D eigenvalue weighted by Crippen LogP contribution is 1.97. The van der Waals surface area contributed by atoms with Crippen LogP contribution in [0, 0.1) is 0 Å². The Morgan fingerprint density at radius 1 is 1.00 bits per heavy atom. The number of H-pyrrole nitrogens is 1. The molecule has 0 spiro atoms. The molecule has 0 aliphatic heterocycles. The van der Waals surface area contributed by atoms with Crippen molar-refractivity contribution in [3.05, 3.63) is 18.2 Å². The van der Waals surface area contributed by atoms with Crippen LogP contribution in [0.4, 0.5) is 0 Å². The predicted octanol–water partition coefficient (Wildman–Crippen LogP) is -1.78. The van der Waals surface area contributed by atoms with Crippen molar-refractivity contribution >= 4 is 30.5 Å². The number of nitrogens with zero attached hydrogens (tertiary/aromatic N) is 1. The molecule has 0 saturated carbocycles. The van der Waals surface area contributed by atoms with E-state index in [2.05, 4.69) is 22.6 Å². The number of carboxylic acid groups (broad SMARTS) is 3. The first-order valence-corrected chi connectivity index (χ1v) is 8.93. The zero-order valence-electron chi connectivity index (χ0n) is 15.4. The van der Waals surface area contributed by atoms with Crippen molar-refractivity contribution in [3.8, 4) is 0 Å². The molecule has 1 rings (SSSR count). The fourth-order valence-corrected chi connectivity index (χ4v) is 1.58. The molecule has 1 aromatic rings. The Morgan fingerprint density at radius 2 is 1.54 bits per heavy atom. The molecule has 0 aliphatic carbocycles. The summed E-state index contributed by atoms with van der Waals surface area (Å²) in [6.07, 6.45) is 5.54. The number of imidazole rings is 1. The van der Waals surface area contributed by atoms with Crippen molar-refractivity contribution < 1.29 is 29.7 Å². The third-order valence-electron chi connectivity index (χ3n) is 3.10. The number of aliphatic carboxylic acids is 3. The van der Waals surface area contributed by atoms with Crippen LogP contribution in [-0.2, 0) is 20.8 Å². The molecule has 0 radical (unpaired) electrons.